The summed E-state index contributed by atoms with van der Waals surface area (Å²) in [7, 11) is 4.93. The van der Waals surface area contributed by atoms with Gasteiger partial charge in [0.05, 0.1) is 24.8 Å². The van der Waals surface area contributed by atoms with E-state index in [4.69, 9.17) is 9.47 Å². The molecule has 1 aliphatic heterocycles. The molecular weight excluding hydrogens is 541 g/mol. The molecular formula is C29H39F3N4O5. The quantitative estimate of drug-likeness (QED) is 0.431. The molecule has 0 radical (unpaired) electrons. The summed E-state index contributed by atoms with van der Waals surface area (Å²) in [4.78, 5) is 34.0. The zero-order valence-corrected chi connectivity index (χ0v) is 24.6. The van der Waals surface area contributed by atoms with E-state index in [1.165, 1.54) is 18.1 Å². The highest BCUT2D eigenvalue weighted by Crippen LogP contribution is 2.50. The standard InChI is InChI=1S/C29H39F3N4O5/c1-16(2)41-27(39)36-23(19-10-9-13-33-25(19)35(6)7)22(21(28(3,4)5)24(36)26(37)38)34-15-17-14-18(29(30,31)32)11-12-20(17)40-8/h9-14,16,21-24,34H,15H2,1-8H3,(H,37,38)/t21-,22-,23-,24-/m0/s1. The van der Waals surface area contributed by atoms with E-state index in [0.29, 0.717) is 11.4 Å². The molecule has 0 bridgehead atoms. The van der Waals surface area contributed by atoms with E-state index in [2.05, 4.69) is 10.3 Å². The predicted molar refractivity (Wildman–Crippen MR) is 148 cm³/mol. The molecule has 1 saturated heterocycles. The number of anilines is 1. The average Bonchev–Trinajstić information content (AvgIpc) is 3.22. The van der Waals surface area contributed by atoms with Crippen LogP contribution in [-0.2, 0) is 22.3 Å². The summed E-state index contributed by atoms with van der Waals surface area (Å²) >= 11 is 0. The van der Waals surface area contributed by atoms with Gasteiger partial charge in [0, 0.05) is 49.9 Å². The molecule has 9 nitrogen and oxygen atoms in total. The van der Waals surface area contributed by atoms with Crippen LogP contribution < -0.4 is 15.0 Å². The van der Waals surface area contributed by atoms with E-state index in [9.17, 15) is 27.9 Å². The van der Waals surface area contributed by atoms with Crippen molar-refractivity contribution in [2.45, 2.75) is 71.6 Å². The van der Waals surface area contributed by atoms with Gasteiger partial charge in [-0.2, -0.15) is 13.2 Å². The van der Waals surface area contributed by atoms with E-state index in [1.807, 2.05) is 20.8 Å². The molecule has 1 fully saturated rings. The molecule has 2 N–H and O–H groups in total. The van der Waals surface area contributed by atoms with Crippen molar-refractivity contribution in [3.8, 4) is 5.75 Å². The van der Waals surface area contributed by atoms with Crippen LogP contribution in [0.15, 0.2) is 36.5 Å². The van der Waals surface area contributed by atoms with Crippen LogP contribution in [0.1, 0.15) is 57.4 Å². The smallest absolute Gasteiger partial charge is 0.416 e. The minimum absolute atomic E-state index is 0.0855. The lowest BCUT2D eigenvalue weighted by molar-refractivity contribution is -0.145. The van der Waals surface area contributed by atoms with Gasteiger partial charge in [0.15, 0.2) is 0 Å². The van der Waals surface area contributed by atoms with Crippen molar-refractivity contribution in [2.24, 2.45) is 11.3 Å². The van der Waals surface area contributed by atoms with Gasteiger partial charge in [0.1, 0.15) is 17.6 Å². The minimum Gasteiger partial charge on any atom is -0.496 e. The third-order valence-corrected chi connectivity index (χ3v) is 7.16. The van der Waals surface area contributed by atoms with E-state index in [-0.39, 0.29) is 17.9 Å². The topological polar surface area (TPSA) is 104 Å². The molecule has 4 atom stereocenters. The third-order valence-electron chi connectivity index (χ3n) is 7.16. The number of pyridine rings is 1. The fourth-order valence-corrected chi connectivity index (χ4v) is 5.60. The van der Waals surface area contributed by atoms with E-state index in [0.717, 1.165) is 12.1 Å². The molecule has 1 amide bonds. The lowest BCUT2D eigenvalue weighted by Gasteiger charge is -2.35. The fraction of sp³-hybridized carbons (Fsp3) is 0.552. The minimum atomic E-state index is -4.56. The molecule has 1 aliphatic rings. The van der Waals surface area contributed by atoms with Gasteiger partial charge >= 0.3 is 18.2 Å². The Morgan fingerprint density at radius 3 is 2.34 bits per heavy atom. The van der Waals surface area contributed by atoms with Crippen LogP contribution in [0.5, 0.6) is 5.75 Å². The molecule has 226 valence electrons. The van der Waals surface area contributed by atoms with Gasteiger partial charge in [-0.05, 0) is 43.5 Å². The highest BCUT2D eigenvalue weighted by Gasteiger charge is 2.59. The molecule has 2 heterocycles. The number of alkyl halides is 3. The maximum atomic E-state index is 13.6. The summed E-state index contributed by atoms with van der Waals surface area (Å²) in [6, 6.07) is 3.77. The van der Waals surface area contributed by atoms with Crippen LogP contribution in [0.25, 0.3) is 0 Å². The number of nitrogens with one attached hydrogen (secondary N) is 1. The van der Waals surface area contributed by atoms with Crippen molar-refractivity contribution in [1.82, 2.24) is 15.2 Å². The monoisotopic (exact) mass is 580 g/mol. The number of halogens is 3. The Hall–Kier alpha value is -3.54. The molecule has 3 rings (SSSR count). The summed E-state index contributed by atoms with van der Waals surface area (Å²) in [5.74, 6) is -1.14. The van der Waals surface area contributed by atoms with Gasteiger partial charge in [0.2, 0.25) is 0 Å². The van der Waals surface area contributed by atoms with Crippen molar-refractivity contribution in [2.75, 3.05) is 26.1 Å². The number of methoxy groups -OCH3 is 1. The van der Waals surface area contributed by atoms with E-state index < -0.39 is 59.4 Å². The second-order valence-corrected chi connectivity index (χ2v) is 11.7. The molecule has 1 aromatic heterocycles. The number of aromatic nitrogens is 1. The number of hydrogen-bond acceptors (Lipinski definition) is 7. The summed E-state index contributed by atoms with van der Waals surface area (Å²) < 4.78 is 51.6. The van der Waals surface area contributed by atoms with Gasteiger partial charge in [-0.3, -0.25) is 4.90 Å². The Morgan fingerprint density at radius 2 is 1.83 bits per heavy atom. The Morgan fingerprint density at radius 1 is 1.17 bits per heavy atom. The van der Waals surface area contributed by atoms with E-state index in [1.54, 1.807) is 51.2 Å². The van der Waals surface area contributed by atoms with Crippen LogP contribution in [0.4, 0.5) is 23.8 Å². The number of carboxylic acids is 1. The van der Waals surface area contributed by atoms with Crippen molar-refractivity contribution in [3.63, 3.8) is 0 Å². The summed E-state index contributed by atoms with van der Waals surface area (Å²) in [5.41, 5.74) is -0.685. The summed E-state index contributed by atoms with van der Waals surface area (Å²) in [5, 5.41) is 13.8. The average molecular weight is 581 g/mol. The Balaban J connectivity index is 2.24. The van der Waals surface area contributed by atoms with Crippen LogP contribution in [-0.4, -0.2) is 66.4 Å². The van der Waals surface area contributed by atoms with Gasteiger partial charge in [0.25, 0.3) is 0 Å². The van der Waals surface area contributed by atoms with Crippen LogP contribution in [0, 0.1) is 11.3 Å². The highest BCUT2D eigenvalue weighted by atomic mass is 19.4. The lowest BCUT2D eigenvalue weighted by atomic mass is 9.72. The highest BCUT2D eigenvalue weighted by molar-refractivity contribution is 5.82. The number of ether oxygens (including phenoxy) is 2. The number of rotatable bonds is 8. The Kier molecular flexibility index (Phi) is 9.47. The molecule has 41 heavy (non-hydrogen) atoms. The zero-order chi connectivity index (χ0) is 30.9. The first-order valence-electron chi connectivity index (χ1n) is 13.3. The molecule has 0 saturated carbocycles. The van der Waals surface area contributed by atoms with Crippen molar-refractivity contribution < 1.29 is 37.3 Å². The molecule has 0 unspecified atom stereocenters. The largest absolute Gasteiger partial charge is 0.496 e. The number of hydrogen-bond donors (Lipinski definition) is 2. The third kappa shape index (κ3) is 6.86. The summed E-state index contributed by atoms with van der Waals surface area (Å²) in [6.45, 7) is 8.88. The second-order valence-electron chi connectivity index (χ2n) is 11.7. The first kappa shape index (κ1) is 32.0. The molecule has 1 aromatic carbocycles. The molecule has 12 heteroatoms. The lowest BCUT2D eigenvalue weighted by Crippen LogP contribution is -2.48. The van der Waals surface area contributed by atoms with Crippen molar-refractivity contribution >= 4 is 17.9 Å². The van der Waals surface area contributed by atoms with Crippen molar-refractivity contribution in [3.05, 3.63) is 53.2 Å². The number of benzene rings is 1. The second kappa shape index (κ2) is 12.1. The van der Waals surface area contributed by atoms with Crippen LogP contribution in [0.2, 0.25) is 0 Å². The van der Waals surface area contributed by atoms with Gasteiger partial charge in [-0.15, -0.1) is 0 Å². The fourth-order valence-electron chi connectivity index (χ4n) is 5.60. The Bertz CT molecular complexity index is 1250. The van der Waals surface area contributed by atoms with Crippen LogP contribution >= 0.6 is 0 Å². The maximum absolute atomic E-state index is 13.6. The van der Waals surface area contributed by atoms with E-state index >= 15 is 0 Å². The number of amides is 1. The number of carbonyl (C=O) groups excluding carboxylic acids is 1. The molecule has 2 aromatic rings. The zero-order valence-electron chi connectivity index (χ0n) is 24.6. The molecule has 0 spiro atoms. The van der Waals surface area contributed by atoms with Gasteiger partial charge < -0.3 is 24.8 Å². The normalized spacial score (nSPS) is 21.2. The number of likely N-dealkylation sites (tertiary alicyclic amines) is 1. The number of nitrogens with zero attached hydrogens (tertiary/aromatic N) is 3. The number of carbonyl (C=O) groups is 2. The Labute approximate surface area is 238 Å². The SMILES string of the molecule is COc1ccc(C(F)(F)F)cc1CN[C@H]1[C@H](C(C)(C)C)[C@@H](C(=O)O)N(C(=O)OC(C)C)[C@H]1c1cccnc1N(C)C. The van der Waals surface area contributed by atoms with Crippen molar-refractivity contribution in [1.29, 1.82) is 0 Å². The van der Waals surface area contributed by atoms with Crippen LogP contribution in [0.3, 0.4) is 0 Å². The molecule has 0 aliphatic carbocycles. The number of aliphatic carboxylic acids is 1. The van der Waals surface area contributed by atoms with Gasteiger partial charge in [-0.1, -0.05) is 26.8 Å². The first-order valence-corrected chi connectivity index (χ1v) is 13.3. The maximum Gasteiger partial charge on any atom is 0.416 e. The predicted octanol–water partition coefficient (Wildman–Crippen LogP) is 5.35. The van der Waals surface area contributed by atoms with Gasteiger partial charge in [-0.25, -0.2) is 14.6 Å². The summed E-state index contributed by atoms with van der Waals surface area (Å²) in [6.07, 6.45) is -4.29. The number of carboxylic acid groups (broad SMARTS) is 1. The first-order chi connectivity index (χ1) is 19.0.